The summed E-state index contributed by atoms with van der Waals surface area (Å²) in [7, 11) is 0. The van der Waals surface area contributed by atoms with Gasteiger partial charge in [-0.05, 0) is 5.53 Å². The van der Waals surface area contributed by atoms with Gasteiger partial charge in [0.05, 0.1) is 13.2 Å². The largest absolute Gasteiger partial charge is 0.478 e. The number of carboxylic acid groups (broad SMARTS) is 1. The third kappa shape index (κ3) is 18.6. The lowest BCUT2D eigenvalue weighted by Gasteiger charge is -1.94. The number of ether oxygens (including phenoxy) is 1. The maximum absolute atomic E-state index is 10.3. The molecule has 7 heteroatoms. The molecular weight excluding hydrogens is 202 g/mol. The van der Waals surface area contributed by atoms with E-state index in [-0.39, 0.29) is 13.2 Å². The van der Waals surface area contributed by atoms with Crippen LogP contribution in [0.3, 0.4) is 0 Å². The van der Waals surface area contributed by atoms with Crippen molar-refractivity contribution in [3.8, 4) is 0 Å². The fourth-order valence-corrected chi connectivity index (χ4v) is 0.291. The second kappa shape index (κ2) is 11.7. The lowest BCUT2D eigenvalue weighted by molar-refractivity contribution is -0.137. The van der Waals surface area contributed by atoms with Gasteiger partial charge in [-0.2, -0.15) is 0 Å². The maximum atomic E-state index is 10.3. The maximum Gasteiger partial charge on any atom is 0.330 e. The molecule has 0 heterocycles. The SMILES string of the molecule is C=CC(=O)O.C=CC(=O)OCCN=[N+]=[N-]. The van der Waals surface area contributed by atoms with Gasteiger partial charge in [-0.25, -0.2) is 9.59 Å². The van der Waals surface area contributed by atoms with Crippen LogP contribution in [0.2, 0.25) is 0 Å². The summed E-state index contributed by atoms with van der Waals surface area (Å²) < 4.78 is 4.47. The highest BCUT2D eigenvalue weighted by Crippen LogP contribution is 1.79. The zero-order chi connectivity index (χ0) is 12.1. The van der Waals surface area contributed by atoms with Crippen LogP contribution >= 0.6 is 0 Å². The van der Waals surface area contributed by atoms with Crippen LogP contribution in [0.5, 0.6) is 0 Å². The molecule has 0 bridgehead atoms. The zero-order valence-corrected chi connectivity index (χ0v) is 8.00. The van der Waals surface area contributed by atoms with Crippen molar-refractivity contribution in [1.29, 1.82) is 0 Å². The van der Waals surface area contributed by atoms with Gasteiger partial charge in [-0.1, -0.05) is 18.3 Å². The van der Waals surface area contributed by atoms with Crippen LogP contribution in [0, 0.1) is 0 Å². The highest BCUT2D eigenvalue weighted by atomic mass is 16.5. The number of esters is 1. The van der Waals surface area contributed by atoms with Crippen LogP contribution in [-0.2, 0) is 14.3 Å². The highest BCUT2D eigenvalue weighted by molar-refractivity contribution is 5.81. The van der Waals surface area contributed by atoms with Crippen LogP contribution in [0.1, 0.15) is 0 Å². The first-order chi connectivity index (χ1) is 7.08. The molecule has 7 nitrogen and oxygen atoms in total. The predicted octanol–water partition coefficient (Wildman–Crippen LogP) is 1.28. The summed E-state index contributed by atoms with van der Waals surface area (Å²) in [5, 5.41) is 10.8. The third-order valence-electron chi connectivity index (χ3n) is 0.840. The smallest absolute Gasteiger partial charge is 0.330 e. The molecule has 0 aliphatic heterocycles. The first kappa shape index (κ1) is 15.2. The fourth-order valence-electron chi connectivity index (χ4n) is 0.291. The van der Waals surface area contributed by atoms with Gasteiger partial charge in [0.2, 0.25) is 0 Å². The van der Waals surface area contributed by atoms with Crippen molar-refractivity contribution in [2.24, 2.45) is 5.11 Å². The summed E-state index contributed by atoms with van der Waals surface area (Å²) in [5.41, 5.74) is 7.79. The van der Waals surface area contributed by atoms with Gasteiger partial charge < -0.3 is 9.84 Å². The normalized spacial score (nSPS) is 7.20. The Balaban J connectivity index is 0. The monoisotopic (exact) mass is 213 g/mol. The molecule has 0 unspecified atom stereocenters. The molecule has 0 spiro atoms. The first-order valence-electron chi connectivity index (χ1n) is 3.73. The Labute approximate surface area is 86.3 Å². The highest BCUT2D eigenvalue weighted by Gasteiger charge is 1.91. The average Bonchev–Trinajstić information content (AvgIpc) is 2.24. The molecule has 0 saturated heterocycles. The molecule has 0 atom stereocenters. The van der Waals surface area contributed by atoms with E-state index in [1.54, 1.807) is 0 Å². The van der Waals surface area contributed by atoms with E-state index in [2.05, 4.69) is 27.9 Å². The number of carboxylic acids is 1. The molecule has 0 aromatic heterocycles. The topological polar surface area (TPSA) is 112 Å². The summed E-state index contributed by atoms with van der Waals surface area (Å²) in [5.74, 6) is -1.49. The van der Waals surface area contributed by atoms with Gasteiger partial charge in [-0.15, -0.1) is 0 Å². The lowest BCUT2D eigenvalue weighted by Crippen LogP contribution is -2.03. The standard InChI is InChI=1S/C5H7N3O2.C3H4O2/c1-2-5(9)10-4-3-7-8-6;1-2-3(4)5/h2H,1,3-4H2;2H,1H2,(H,4,5). The van der Waals surface area contributed by atoms with E-state index in [9.17, 15) is 9.59 Å². The molecule has 82 valence electrons. The van der Waals surface area contributed by atoms with Crippen LogP contribution in [0.4, 0.5) is 0 Å². The third-order valence-corrected chi connectivity index (χ3v) is 0.840. The minimum atomic E-state index is -0.981. The van der Waals surface area contributed by atoms with E-state index in [4.69, 9.17) is 10.6 Å². The minimum absolute atomic E-state index is 0.106. The number of hydrogen-bond donors (Lipinski definition) is 1. The van der Waals surface area contributed by atoms with Crippen molar-refractivity contribution in [2.45, 2.75) is 0 Å². The van der Waals surface area contributed by atoms with Gasteiger partial charge in [0.1, 0.15) is 0 Å². The zero-order valence-electron chi connectivity index (χ0n) is 8.00. The number of aliphatic carboxylic acids is 1. The molecule has 0 rings (SSSR count). The van der Waals surface area contributed by atoms with Gasteiger partial charge in [0, 0.05) is 17.1 Å². The van der Waals surface area contributed by atoms with Crippen LogP contribution in [0.15, 0.2) is 30.4 Å². The molecule has 0 aliphatic carbocycles. The molecule has 15 heavy (non-hydrogen) atoms. The molecule has 0 aliphatic rings. The minimum Gasteiger partial charge on any atom is -0.478 e. The van der Waals surface area contributed by atoms with Crippen molar-refractivity contribution >= 4 is 11.9 Å². The molecular formula is C8H11N3O4. The van der Waals surface area contributed by atoms with Crippen molar-refractivity contribution in [3.05, 3.63) is 35.8 Å². The van der Waals surface area contributed by atoms with Crippen molar-refractivity contribution < 1.29 is 19.4 Å². The number of rotatable bonds is 5. The van der Waals surface area contributed by atoms with Crippen LogP contribution in [-0.4, -0.2) is 30.2 Å². The Hall–Kier alpha value is -2.27. The van der Waals surface area contributed by atoms with E-state index in [1.807, 2.05) is 0 Å². The van der Waals surface area contributed by atoms with Gasteiger partial charge >= 0.3 is 11.9 Å². The number of nitrogens with zero attached hydrogens (tertiary/aromatic N) is 3. The molecule has 0 saturated carbocycles. The summed E-state index contributed by atoms with van der Waals surface area (Å²) in [6, 6.07) is 0. The molecule has 0 fully saturated rings. The Morgan fingerprint density at radius 2 is 2.00 bits per heavy atom. The quantitative estimate of drug-likeness (QED) is 0.185. The van der Waals surface area contributed by atoms with Gasteiger partial charge in [0.15, 0.2) is 0 Å². The number of carbonyl (C=O) groups is 2. The Morgan fingerprint density at radius 1 is 1.47 bits per heavy atom. The summed E-state index contributed by atoms with van der Waals surface area (Å²) >= 11 is 0. The van der Waals surface area contributed by atoms with Crippen molar-refractivity contribution in [1.82, 2.24) is 0 Å². The second-order valence-electron chi connectivity index (χ2n) is 1.87. The van der Waals surface area contributed by atoms with E-state index in [1.165, 1.54) is 0 Å². The van der Waals surface area contributed by atoms with Gasteiger partial charge in [0.25, 0.3) is 0 Å². The molecule has 1 N–H and O–H groups in total. The van der Waals surface area contributed by atoms with E-state index in [0.29, 0.717) is 0 Å². The lowest BCUT2D eigenvalue weighted by atomic mass is 10.6. The van der Waals surface area contributed by atoms with E-state index in [0.717, 1.165) is 12.2 Å². The van der Waals surface area contributed by atoms with E-state index < -0.39 is 11.9 Å². The fraction of sp³-hybridized carbons (Fsp3) is 0.250. The van der Waals surface area contributed by atoms with Crippen molar-refractivity contribution in [2.75, 3.05) is 13.2 Å². The molecule has 0 aromatic rings. The summed E-state index contributed by atoms with van der Waals surface area (Å²) in [6.45, 7) is 6.41. The van der Waals surface area contributed by atoms with Crippen molar-refractivity contribution in [3.63, 3.8) is 0 Å². The summed E-state index contributed by atoms with van der Waals surface area (Å²) in [6.07, 6.45) is 1.89. The molecule has 0 radical (unpaired) electrons. The number of azide groups is 1. The Kier molecular flexibility index (Phi) is 11.9. The van der Waals surface area contributed by atoms with Crippen LogP contribution < -0.4 is 0 Å². The Bertz CT molecular complexity index is 282. The van der Waals surface area contributed by atoms with Gasteiger partial charge in [-0.3, -0.25) is 0 Å². The molecule has 0 aromatic carbocycles. The van der Waals surface area contributed by atoms with Crippen LogP contribution in [0.25, 0.3) is 10.4 Å². The number of hydrogen-bond acceptors (Lipinski definition) is 4. The number of carbonyl (C=O) groups excluding carboxylic acids is 1. The average molecular weight is 213 g/mol. The second-order valence-corrected chi connectivity index (χ2v) is 1.87. The predicted molar refractivity (Wildman–Crippen MR) is 53.0 cm³/mol. The summed E-state index contributed by atoms with van der Waals surface area (Å²) in [4.78, 5) is 22.0. The first-order valence-corrected chi connectivity index (χ1v) is 3.73. The van der Waals surface area contributed by atoms with E-state index >= 15 is 0 Å². The Morgan fingerprint density at radius 3 is 2.33 bits per heavy atom. The molecule has 0 amide bonds.